The molecule has 15 heteroatoms. The Balaban J connectivity index is 1.99. The highest BCUT2D eigenvalue weighted by atomic mass is 35.5. The summed E-state index contributed by atoms with van der Waals surface area (Å²) in [6.07, 6.45) is -0.277. The van der Waals surface area contributed by atoms with Crippen molar-refractivity contribution in [1.82, 2.24) is 21.3 Å². The van der Waals surface area contributed by atoms with E-state index in [0.29, 0.717) is 22.9 Å². The Morgan fingerprint density at radius 2 is 1.19 bits per heavy atom. The second-order valence-electron chi connectivity index (χ2n) is 10.6. The van der Waals surface area contributed by atoms with E-state index in [1.807, 2.05) is 27.7 Å². The van der Waals surface area contributed by atoms with Crippen molar-refractivity contribution < 1.29 is 28.9 Å². The van der Waals surface area contributed by atoms with Crippen molar-refractivity contribution in [3.63, 3.8) is 0 Å². The van der Waals surface area contributed by atoms with Gasteiger partial charge < -0.3 is 30.9 Å². The van der Waals surface area contributed by atoms with E-state index in [1.165, 1.54) is 36.4 Å². The average Bonchev–Trinajstić information content (AvgIpc) is 2.91. The first-order valence-corrected chi connectivity index (χ1v) is 15.1. The number of amides is 4. The van der Waals surface area contributed by atoms with Crippen LogP contribution in [0.5, 0.6) is 0 Å². The van der Waals surface area contributed by atoms with Crippen molar-refractivity contribution in [2.75, 3.05) is 13.1 Å². The van der Waals surface area contributed by atoms with Gasteiger partial charge in [-0.1, -0.05) is 74.1 Å². The van der Waals surface area contributed by atoms with Crippen molar-refractivity contribution in [3.05, 3.63) is 67.6 Å². The Labute approximate surface area is 271 Å². The topological polar surface area (TPSA) is 146 Å². The first-order valence-electron chi connectivity index (χ1n) is 13.5. The molecule has 5 N–H and O–H groups in total. The third-order valence-corrected chi connectivity index (χ3v) is 7.02. The van der Waals surface area contributed by atoms with Crippen LogP contribution in [0.3, 0.4) is 0 Å². The van der Waals surface area contributed by atoms with Crippen LogP contribution in [0.4, 0.5) is 0 Å². The molecule has 2 aromatic carbocycles. The van der Waals surface area contributed by atoms with Gasteiger partial charge in [0.25, 0.3) is 11.8 Å². The van der Waals surface area contributed by atoms with E-state index < -0.39 is 56.0 Å². The molecule has 0 heterocycles. The Morgan fingerprint density at radius 3 is 1.63 bits per heavy atom. The summed E-state index contributed by atoms with van der Waals surface area (Å²) in [4.78, 5) is 50.3. The molecule has 2 aromatic rings. The summed E-state index contributed by atoms with van der Waals surface area (Å²) >= 11 is 24.0. The Bertz CT molecular complexity index is 1300. The zero-order chi connectivity index (χ0) is 32.3. The fourth-order valence-corrected chi connectivity index (χ4v) is 4.69. The maximum atomic E-state index is 12.7. The zero-order valence-corrected chi connectivity index (χ0v) is 27.2. The van der Waals surface area contributed by atoms with Gasteiger partial charge in [0, 0.05) is 10.0 Å². The minimum atomic E-state index is -1.51. The maximum Gasteiger partial charge on any atom is 0.479 e. The molecular formula is C28H35BCl4N4O6. The quantitative estimate of drug-likeness (QED) is 0.139. The smallest absolute Gasteiger partial charge is 0.426 e. The number of rotatable bonds is 15. The van der Waals surface area contributed by atoms with Crippen LogP contribution >= 0.6 is 46.4 Å². The number of nitrogens with one attached hydrogen (secondary N) is 4. The van der Waals surface area contributed by atoms with Crippen LogP contribution in [0.25, 0.3) is 0 Å². The predicted molar refractivity (Wildman–Crippen MR) is 169 cm³/mol. The number of hydrogen-bond acceptors (Lipinski definition) is 6. The highest BCUT2D eigenvalue weighted by molar-refractivity contribution is 6.45. The molecule has 0 aliphatic rings. The summed E-state index contributed by atoms with van der Waals surface area (Å²) in [5.41, 5.74) is 0.231. The van der Waals surface area contributed by atoms with Crippen LogP contribution in [0, 0.1) is 11.8 Å². The molecule has 0 spiro atoms. The summed E-state index contributed by atoms with van der Waals surface area (Å²) in [5, 5.41) is 22.2. The largest absolute Gasteiger partial charge is 0.479 e. The predicted octanol–water partition coefficient (Wildman–Crippen LogP) is 4.52. The molecule has 0 aliphatic carbocycles. The van der Waals surface area contributed by atoms with E-state index in [9.17, 15) is 24.2 Å². The van der Waals surface area contributed by atoms with Crippen LogP contribution in [0.15, 0.2) is 36.4 Å². The van der Waals surface area contributed by atoms with Crippen molar-refractivity contribution >= 4 is 77.2 Å². The SMILES string of the molecule is CC(C)C[C@H](NC(=O)CNC(=O)c1cc(Cl)ccc1Cl)OB(O)[C@H](CC(C)C)NC(=O)CNC(=O)c1cc(Cl)ccc1Cl. The molecular weight excluding hydrogens is 641 g/mol. The first kappa shape index (κ1) is 36.7. The van der Waals surface area contributed by atoms with Crippen molar-refractivity contribution in [2.24, 2.45) is 11.8 Å². The maximum absolute atomic E-state index is 12.7. The molecule has 0 unspecified atom stereocenters. The third kappa shape index (κ3) is 12.9. The molecule has 0 bridgehead atoms. The Kier molecular flexibility index (Phi) is 15.1. The van der Waals surface area contributed by atoms with Gasteiger partial charge in [0.2, 0.25) is 11.8 Å². The molecule has 43 heavy (non-hydrogen) atoms. The molecule has 0 radical (unpaired) electrons. The first-order chi connectivity index (χ1) is 20.2. The van der Waals surface area contributed by atoms with Gasteiger partial charge in [0.05, 0.1) is 40.2 Å². The minimum absolute atomic E-state index is 0.0510. The van der Waals surface area contributed by atoms with Gasteiger partial charge in [0.15, 0.2) is 0 Å². The minimum Gasteiger partial charge on any atom is -0.426 e. The molecule has 10 nitrogen and oxygen atoms in total. The molecule has 234 valence electrons. The molecule has 0 saturated carbocycles. The van der Waals surface area contributed by atoms with Crippen LogP contribution in [-0.4, -0.2) is 61.0 Å². The van der Waals surface area contributed by atoms with Crippen molar-refractivity contribution in [3.8, 4) is 0 Å². The van der Waals surface area contributed by atoms with Gasteiger partial charge in [-0.25, -0.2) is 0 Å². The van der Waals surface area contributed by atoms with E-state index in [1.54, 1.807) is 0 Å². The zero-order valence-electron chi connectivity index (χ0n) is 24.2. The highest BCUT2D eigenvalue weighted by Crippen LogP contribution is 2.21. The van der Waals surface area contributed by atoms with Crippen LogP contribution in [-0.2, 0) is 14.2 Å². The van der Waals surface area contributed by atoms with E-state index >= 15 is 0 Å². The van der Waals surface area contributed by atoms with Crippen LogP contribution in [0.1, 0.15) is 61.3 Å². The Morgan fingerprint density at radius 1 is 0.744 bits per heavy atom. The molecule has 0 fully saturated rings. The summed E-state index contributed by atoms with van der Waals surface area (Å²) in [6.45, 7) is 6.82. The lowest BCUT2D eigenvalue weighted by molar-refractivity contribution is -0.123. The average molecular weight is 676 g/mol. The van der Waals surface area contributed by atoms with Crippen molar-refractivity contribution in [1.29, 1.82) is 0 Å². The van der Waals surface area contributed by atoms with Gasteiger partial charge >= 0.3 is 7.12 Å². The van der Waals surface area contributed by atoms with Gasteiger partial charge in [-0.05, 0) is 61.1 Å². The van der Waals surface area contributed by atoms with E-state index in [-0.39, 0.29) is 33.0 Å². The summed E-state index contributed by atoms with van der Waals surface area (Å²) < 4.78 is 5.78. The second-order valence-corrected chi connectivity index (χ2v) is 12.3. The highest BCUT2D eigenvalue weighted by Gasteiger charge is 2.33. The van der Waals surface area contributed by atoms with Gasteiger partial charge in [-0.2, -0.15) is 0 Å². The summed E-state index contributed by atoms with van der Waals surface area (Å²) in [6, 6.07) is 8.79. The molecule has 2 rings (SSSR count). The molecule has 2 atom stereocenters. The molecule has 0 aliphatic heterocycles. The summed E-state index contributed by atoms with van der Waals surface area (Å²) in [7, 11) is -1.51. The molecule has 0 saturated heterocycles. The van der Waals surface area contributed by atoms with Gasteiger partial charge in [-0.15, -0.1) is 0 Å². The number of hydrogen-bond donors (Lipinski definition) is 5. The van der Waals surface area contributed by atoms with Crippen LogP contribution < -0.4 is 21.3 Å². The van der Waals surface area contributed by atoms with E-state index in [0.717, 1.165) is 0 Å². The lowest BCUT2D eigenvalue weighted by Crippen LogP contribution is -2.54. The van der Waals surface area contributed by atoms with Gasteiger partial charge in [0.1, 0.15) is 6.23 Å². The van der Waals surface area contributed by atoms with Gasteiger partial charge in [-0.3, -0.25) is 19.2 Å². The second kappa shape index (κ2) is 17.7. The fourth-order valence-electron chi connectivity index (χ4n) is 3.94. The number of benzene rings is 2. The lowest BCUT2D eigenvalue weighted by atomic mass is 9.74. The number of halogens is 4. The number of carbonyl (C=O) groups excluding carboxylic acids is 4. The standard InChI is InChI=1S/C28H35BCl4N4O6/c1-15(2)9-23(36-24(38)13-34-27(40)19-11-17(30)5-7-21(19)32)29(42)43-26(10-16(3)4)37-25(39)14-35-28(41)20-12-18(31)6-8-22(20)33/h5-8,11-12,15-16,23,26,42H,9-10,13-14H2,1-4H3,(H,34,40)(H,35,41)(H,36,38)(H,37,39)/t23-,26+/m0/s1. The molecule has 4 amide bonds. The normalized spacial score (nSPS) is 12.4. The van der Waals surface area contributed by atoms with Crippen molar-refractivity contribution in [2.45, 2.75) is 52.7 Å². The van der Waals surface area contributed by atoms with E-state index in [4.69, 9.17) is 51.1 Å². The van der Waals surface area contributed by atoms with Crippen LogP contribution in [0.2, 0.25) is 20.1 Å². The van der Waals surface area contributed by atoms with E-state index in [2.05, 4.69) is 21.3 Å². The Hall–Kier alpha value is -2.54. The lowest BCUT2D eigenvalue weighted by Gasteiger charge is -2.28. The summed E-state index contributed by atoms with van der Waals surface area (Å²) in [5.74, 6) is -3.09. The molecule has 0 aromatic heterocycles. The fraction of sp³-hybridized carbons (Fsp3) is 0.429. The third-order valence-electron chi connectivity index (χ3n) is 5.89. The monoisotopic (exact) mass is 674 g/mol. The number of carbonyl (C=O) groups is 4.